The predicted octanol–water partition coefficient (Wildman–Crippen LogP) is 3.17. The molecule has 0 saturated carbocycles. The van der Waals surface area contributed by atoms with Crippen LogP contribution in [-0.2, 0) is 6.54 Å². The van der Waals surface area contributed by atoms with Crippen LogP contribution < -0.4 is 9.30 Å². The Balaban J connectivity index is 2.17. The summed E-state index contributed by atoms with van der Waals surface area (Å²) in [7, 11) is 0. The molecule has 0 amide bonds. The fourth-order valence-corrected chi connectivity index (χ4v) is 2.00. The van der Waals surface area contributed by atoms with E-state index in [0.29, 0.717) is 6.61 Å². The smallest absolute Gasteiger partial charge is 0.286 e. The molecule has 3 heteroatoms. The second-order valence-electron chi connectivity index (χ2n) is 4.31. The summed E-state index contributed by atoms with van der Waals surface area (Å²) in [4.78, 5) is 3.30. The van der Waals surface area contributed by atoms with E-state index in [1.54, 1.807) is 0 Å². The van der Waals surface area contributed by atoms with Crippen LogP contribution in [-0.4, -0.2) is 11.6 Å². The molecule has 1 N–H and O–H groups in total. The van der Waals surface area contributed by atoms with E-state index in [1.165, 1.54) is 18.4 Å². The van der Waals surface area contributed by atoms with Gasteiger partial charge in [-0.15, -0.1) is 0 Å². The normalized spacial score (nSPS) is 10.6. The van der Waals surface area contributed by atoms with E-state index in [1.807, 2.05) is 25.3 Å². The Hall–Kier alpha value is -1.77. The van der Waals surface area contributed by atoms with Gasteiger partial charge >= 0.3 is 0 Å². The zero-order chi connectivity index (χ0) is 12.8. The summed E-state index contributed by atoms with van der Waals surface area (Å²) in [6, 6.07) is 8.23. The summed E-state index contributed by atoms with van der Waals surface area (Å²) in [6.45, 7) is 5.97. The number of aromatic amines is 1. The van der Waals surface area contributed by atoms with Crippen molar-refractivity contribution in [2.24, 2.45) is 0 Å². The summed E-state index contributed by atoms with van der Waals surface area (Å²) < 4.78 is 7.72. The fraction of sp³-hybridized carbons (Fsp3) is 0.400. The van der Waals surface area contributed by atoms with Crippen molar-refractivity contribution in [3.63, 3.8) is 0 Å². The molecule has 96 valence electrons. The third kappa shape index (κ3) is 2.92. The van der Waals surface area contributed by atoms with Gasteiger partial charge in [-0.1, -0.05) is 13.3 Å². The molecule has 2 rings (SSSR count). The maximum Gasteiger partial charge on any atom is 0.286 e. The van der Waals surface area contributed by atoms with E-state index < -0.39 is 0 Å². The van der Waals surface area contributed by atoms with Gasteiger partial charge in [-0.3, -0.25) is 0 Å². The average molecular weight is 245 g/mol. The number of unbranched alkanes of at least 4 members (excludes halogenated alkanes) is 1. The fourth-order valence-electron chi connectivity index (χ4n) is 2.00. The monoisotopic (exact) mass is 245 g/mol. The van der Waals surface area contributed by atoms with Gasteiger partial charge in [-0.05, 0) is 37.6 Å². The van der Waals surface area contributed by atoms with Gasteiger partial charge in [0, 0.05) is 0 Å². The maximum atomic E-state index is 5.46. The molecule has 0 spiro atoms. The molecule has 0 aliphatic carbocycles. The van der Waals surface area contributed by atoms with Crippen LogP contribution in [0, 0.1) is 0 Å². The third-order valence-corrected chi connectivity index (χ3v) is 2.95. The molecule has 0 radical (unpaired) electrons. The van der Waals surface area contributed by atoms with Crippen LogP contribution in [0.15, 0.2) is 36.7 Å². The Morgan fingerprint density at radius 3 is 2.61 bits per heavy atom. The Labute approximate surface area is 108 Å². The number of aryl methyl sites for hydroxylation is 1. The Morgan fingerprint density at radius 2 is 1.94 bits per heavy atom. The van der Waals surface area contributed by atoms with Crippen molar-refractivity contribution in [1.29, 1.82) is 0 Å². The molecule has 0 fully saturated rings. The molecular formula is C15H21N2O+. The molecule has 3 nitrogen and oxygen atoms in total. The minimum Gasteiger partial charge on any atom is -0.494 e. The van der Waals surface area contributed by atoms with Crippen LogP contribution in [0.4, 0.5) is 0 Å². The van der Waals surface area contributed by atoms with Crippen molar-refractivity contribution in [2.75, 3.05) is 6.61 Å². The standard InChI is InChI=1S/C15H20N2O/c1-3-5-11-17-12-10-16-15(17)13-6-8-14(9-7-13)18-4-2/h6-10,12H,3-5,11H2,1-2H3/p+1. The van der Waals surface area contributed by atoms with Gasteiger partial charge in [0.1, 0.15) is 18.1 Å². The molecular weight excluding hydrogens is 224 g/mol. The lowest BCUT2D eigenvalue weighted by Gasteiger charge is -2.03. The number of H-pyrrole nitrogens is 1. The maximum absolute atomic E-state index is 5.46. The summed E-state index contributed by atoms with van der Waals surface area (Å²) >= 11 is 0. The largest absolute Gasteiger partial charge is 0.494 e. The molecule has 0 aliphatic rings. The highest BCUT2D eigenvalue weighted by Crippen LogP contribution is 2.18. The Bertz CT molecular complexity index is 473. The van der Waals surface area contributed by atoms with Crippen molar-refractivity contribution < 1.29 is 9.30 Å². The van der Waals surface area contributed by atoms with Crippen LogP contribution in [0.1, 0.15) is 26.7 Å². The van der Waals surface area contributed by atoms with E-state index in [4.69, 9.17) is 4.74 Å². The lowest BCUT2D eigenvalue weighted by Crippen LogP contribution is -2.33. The Kier molecular flexibility index (Phi) is 4.40. The second kappa shape index (κ2) is 6.24. The van der Waals surface area contributed by atoms with Gasteiger partial charge in [0.15, 0.2) is 0 Å². The first-order chi connectivity index (χ1) is 8.85. The third-order valence-electron chi connectivity index (χ3n) is 2.95. The van der Waals surface area contributed by atoms with Crippen LogP contribution in [0.25, 0.3) is 11.4 Å². The van der Waals surface area contributed by atoms with Gasteiger partial charge in [-0.25, -0.2) is 9.55 Å². The number of ether oxygens (including phenoxy) is 1. The highest BCUT2D eigenvalue weighted by Gasteiger charge is 2.12. The van der Waals surface area contributed by atoms with Crippen LogP contribution in [0.5, 0.6) is 5.75 Å². The zero-order valence-electron chi connectivity index (χ0n) is 11.1. The topological polar surface area (TPSA) is 28.9 Å². The first kappa shape index (κ1) is 12.7. The number of benzene rings is 1. The van der Waals surface area contributed by atoms with Crippen molar-refractivity contribution in [3.8, 4) is 17.1 Å². The van der Waals surface area contributed by atoms with Crippen molar-refractivity contribution in [2.45, 2.75) is 33.2 Å². The Morgan fingerprint density at radius 1 is 1.17 bits per heavy atom. The van der Waals surface area contributed by atoms with Crippen molar-refractivity contribution in [3.05, 3.63) is 36.7 Å². The second-order valence-corrected chi connectivity index (χ2v) is 4.31. The van der Waals surface area contributed by atoms with Crippen LogP contribution in [0.2, 0.25) is 0 Å². The molecule has 2 aromatic rings. The first-order valence-electron chi connectivity index (χ1n) is 6.65. The van der Waals surface area contributed by atoms with Gasteiger partial charge in [0.25, 0.3) is 5.82 Å². The molecule has 0 unspecified atom stereocenters. The molecule has 0 saturated heterocycles. The molecule has 0 aliphatic heterocycles. The summed E-state index contributed by atoms with van der Waals surface area (Å²) in [5.74, 6) is 2.08. The van der Waals surface area contributed by atoms with Gasteiger partial charge < -0.3 is 4.74 Å². The molecule has 1 aromatic carbocycles. The van der Waals surface area contributed by atoms with Gasteiger partial charge in [0.05, 0.1) is 18.7 Å². The summed E-state index contributed by atoms with van der Waals surface area (Å²) in [5.41, 5.74) is 1.19. The van der Waals surface area contributed by atoms with Gasteiger partial charge in [-0.2, -0.15) is 0 Å². The highest BCUT2D eigenvalue weighted by molar-refractivity contribution is 5.53. The van der Waals surface area contributed by atoms with Crippen molar-refractivity contribution >= 4 is 0 Å². The zero-order valence-corrected chi connectivity index (χ0v) is 11.1. The first-order valence-corrected chi connectivity index (χ1v) is 6.65. The number of hydrogen-bond donors (Lipinski definition) is 1. The number of nitrogens with zero attached hydrogens (tertiary/aromatic N) is 1. The molecule has 1 heterocycles. The van der Waals surface area contributed by atoms with Crippen LogP contribution >= 0.6 is 0 Å². The SMILES string of the molecule is CCCC[n+]1cc[nH]c1-c1ccc(OCC)cc1. The minimum atomic E-state index is 0.707. The van der Waals surface area contributed by atoms with Gasteiger partial charge in [0.2, 0.25) is 0 Å². The molecule has 0 atom stereocenters. The van der Waals surface area contributed by atoms with E-state index in [-0.39, 0.29) is 0 Å². The lowest BCUT2D eigenvalue weighted by atomic mass is 10.2. The molecule has 18 heavy (non-hydrogen) atoms. The van der Waals surface area contributed by atoms with E-state index in [2.05, 4.69) is 34.8 Å². The quantitative estimate of drug-likeness (QED) is 0.778. The van der Waals surface area contributed by atoms with E-state index in [9.17, 15) is 0 Å². The number of rotatable bonds is 6. The minimum absolute atomic E-state index is 0.707. The lowest BCUT2D eigenvalue weighted by molar-refractivity contribution is -0.685. The number of imidazole rings is 1. The van der Waals surface area contributed by atoms with Crippen molar-refractivity contribution in [1.82, 2.24) is 4.98 Å². The summed E-state index contributed by atoms with van der Waals surface area (Å²) in [5, 5.41) is 0. The molecule has 0 bridgehead atoms. The number of aromatic nitrogens is 2. The van der Waals surface area contributed by atoms with E-state index >= 15 is 0 Å². The number of hydrogen-bond acceptors (Lipinski definition) is 1. The summed E-state index contributed by atoms with van der Waals surface area (Å²) in [6.07, 6.45) is 6.50. The van der Waals surface area contributed by atoms with E-state index in [0.717, 1.165) is 18.1 Å². The average Bonchev–Trinajstić information content (AvgIpc) is 2.86. The predicted molar refractivity (Wildman–Crippen MR) is 72.5 cm³/mol. The van der Waals surface area contributed by atoms with Crippen LogP contribution in [0.3, 0.4) is 0 Å². The molecule has 1 aromatic heterocycles. The number of nitrogens with one attached hydrogen (secondary N) is 1. The highest BCUT2D eigenvalue weighted by atomic mass is 16.5.